The van der Waals surface area contributed by atoms with E-state index in [-0.39, 0.29) is 0 Å². The van der Waals surface area contributed by atoms with Gasteiger partial charge in [-0.3, -0.25) is 0 Å². The third kappa shape index (κ3) is 4.73. The van der Waals surface area contributed by atoms with Gasteiger partial charge >= 0.3 is 0 Å². The first kappa shape index (κ1) is 11.9. The van der Waals surface area contributed by atoms with Crippen LogP contribution in [0.5, 0.6) is 11.5 Å². The molecule has 0 N–H and O–H groups in total. The number of ether oxygens (including phenoxy) is 2. The van der Waals surface area contributed by atoms with Crippen LogP contribution >= 0.6 is 0 Å². The molecule has 0 saturated carbocycles. The van der Waals surface area contributed by atoms with Gasteiger partial charge in [-0.05, 0) is 36.1 Å². The molecule has 2 nitrogen and oxygen atoms in total. The van der Waals surface area contributed by atoms with Crippen molar-refractivity contribution >= 4 is 0 Å². The third-order valence-electron chi connectivity index (χ3n) is 2.18. The van der Waals surface area contributed by atoms with Gasteiger partial charge in [0, 0.05) is 0 Å². The van der Waals surface area contributed by atoms with Crippen LogP contribution in [0, 0.1) is 5.41 Å². The van der Waals surface area contributed by atoms with Crippen molar-refractivity contribution in [2.24, 2.45) is 5.41 Å². The van der Waals surface area contributed by atoms with E-state index in [4.69, 9.17) is 9.47 Å². The van der Waals surface area contributed by atoms with Gasteiger partial charge in [-0.25, -0.2) is 0 Å². The molecule has 2 heteroatoms. The minimum Gasteiger partial charge on any atom is -0.497 e. The van der Waals surface area contributed by atoms with E-state index in [2.05, 4.69) is 20.8 Å². The van der Waals surface area contributed by atoms with Crippen molar-refractivity contribution < 1.29 is 9.47 Å². The summed E-state index contributed by atoms with van der Waals surface area (Å²) in [4.78, 5) is 0. The van der Waals surface area contributed by atoms with Crippen LogP contribution in [0.1, 0.15) is 27.2 Å². The van der Waals surface area contributed by atoms with E-state index in [1.165, 1.54) is 0 Å². The minimum absolute atomic E-state index is 0.326. The SMILES string of the molecule is COc1ccc(OCCC(C)(C)C)cc1. The molecule has 0 amide bonds. The molecule has 1 aromatic carbocycles. The Labute approximate surface area is 92.2 Å². The summed E-state index contributed by atoms with van der Waals surface area (Å²) in [5.41, 5.74) is 0.326. The first-order valence-corrected chi connectivity index (χ1v) is 5.28. The standard InChI is InChI=1S/C13H20O2/c1-13(2,3)9-10-15-12-7-5-11(14-4)6-8-12/h5-8H,9-10H2,1-4H3. The Morgan fingerprint density at radius 2 is 1.53 bits per heavy atom. The van der Waals surface area contributed by atoms with Crippen molar-refractivity contribution in [2.45, 2.75) is 27.2 Å². The molecular weight excluding hydrogens is 188 g/mol. The minimum atomic E-state index is 0.326. The van der Waals surface area contributed by atoms with E-state index in [0.717, 1.165) is 24.5 Å². The lowest BCUT2D eigenvalue weighted by molar-refractivity contribution is 0.243. The summed E-state index contributed by atoms with van der Waals surface area (Å²) in [6.07, 6.45) is 1.05. The molecule has 84 valence electrons. The molecule has 0 atom stereocenters. The van der Waals surface area contributed by atoms with Gasteiger partial charge in [-0.1, -0.05) is 20.8 Å². The quantitative estimate of drug-likeness (QED) is 0.753. The van der Waals surface area contributed by atoms with Crippen molar-refractivity contribution in [3.63, 3.8) is 0 Å². The van der Waals surface area contributed by atoms with Gasteiger partial charge in [0.1, 0.15) is 11.5 Å². The van der Waals surface area contributed by atoms with Crippen LogP contribution in [0.2, 0.25) is 0 Å². The summed E-state index contributed by atoms with van der Waals surface area (Å²) >= 11 is 0. The second-order valence-electron chi connectivity index (χ2n) is 4.83. The molecule has 0 aliphatic carbocycles. The first-order chi connectivity index (χ1) is 7.01. The molecule has 0 aromatic heterocycles. The monoisotopic (exact) mass is 208 g/mol. The van der Waals surface area contributed by atoms with Crippen molar-refractivity contribution in [1.82, 2.24) is 0 Å². The molecule has 0 aliphatic heterocycles. The Morgan fingerprint density at radius 1 is 1.00 bits per heavy atom. The summed E-state index contributed by atoms with van der Waals surface area (Å²) < 4.78 is 10.7. The highest BCUT2D eigenvalue weighted by Gasteiger charge is 2.09. The van der Waals surface area contributed by atoms with Gasteiger partial charge in [0.2, 0.25) is 0 Å². The van der Waals surface area contributed by atoms with Gasteiger partial charge < -0.3 is 9.47 Å². The average Bonchev–Trinajstić information content (AvgIpc) is 2.17. The normalized spacial score (nSPS) is 11.2. The van der Waals surface area contributed by atoms with Gasteiger partial charge in [-0.15, -0.1) is 0 Å². The second-order valence-corrected chi connectivity index (χ2v) is 4.83. The van der Waals surface area contributed by atoms with Gasteiger partial charge in [0.15, 0.2) is 0 Å². The zero-order valence-corrected chi connectivity index (χ0v) is 10.0. The van der Waals surface area contributed by atoms with Crippen LogP contribution in [-0.2, 0) is 0 Å². The third-order valence-corrected chi connectivity index (χ3v) is 2.18. The smallest absolute Gasteiger partial charge is 0.119 e. The lowest BCUT2D eigenvalue weighted by atomic mass is 9.93. The molecule has 0 saturated heterocycles. The van der Waals surface area contributed by atoms with E-state index in [1.807, 2.05) is 24.3 Å². The summed E-state index contributed by atoms with van der Waals surface area (Å²) in [7, 11) is 1.66. The van der Waals surface area contributed by atoms with Crippen LogP contribution in [0.4, 0.5) is 0 Å². The maximum absolute atomic E-state index is 5.63. The largest absolute Gasteiger partial charge is 0.497 e. The molecule has 0 fully saturated rings. The maximum Gasteiger partial charge on any atom is 0.119 e. The number of benzene rings is 1. The Balaban J connectivity index is 2.38. The molecule has 0 radical (unpaired) electrons. The van der Waals surface area contributed by atoms with Gasteiger partial charge in [0.05, 0.1) is 13.7 Å². The van der Waals surface area contributed by atoms with Crippen molar-refractivity contribution in [3.05, 3.63) is 24.3 Å². The van der Waals surface area contributed by atoms with Crippen LogP contribution in [0.15, 0.2) is 24.3 Å². The summed E-state index contributed by atoms with van der Waals surface area (Å²) in [6, 6.07) is 7.68. The van der Waals surface area contributed by atoms with E-state index in [9.17, 15) is 0 Å². The molecule has 0 spiro atoms. The van der Waals surface area contributed by atoms with E-state index >= 15 is 0 Å². The summed E-state index contributed by atoms with van der Waals surface area (Å²) in [5, 5.41) is 0. The molecule has 0 heterocycles. The second kappa shape index (κ2) is 5.06. The van der Waals surface area contributed by atoms with Gasteiger partial charge in [-0.2, -0.15) is 0 Å². The molecule has 0 unspecified atom stereocenters. The predicted octanol–water partition coefficient (Wildman–Crippen LogP) is 3.51. The Hall–Kier alpha value is -1.18. The molecular formula is C13H20O2. The fourth-order valence-corrected chi connectivity index (χ4v) is 1.15. The predicted molar refractivity (Wildman–Crippen MR) is 62.6 cm³/mol. The lowest BCUT2D eigenvalue weighted by Gasteiger charge is -2.18. The lowest BCUT2D eigenvalue weighted by Crippen LogP contribution is -2.10. The Bertz CT molecular complexity index is 282. The van der Waals surface area contributed by atoms with Crippen LogP contribution in [-0.4, -0.2) is 13.7 Å². The Kier molecular flexibility index (Phi) is 4.01. The first-order valence-electron chi connectivity index (χ1n) is 5.28. The molecule has 15 heavy (non-hydrogen) atoms. The van der Waals surface area contributed by atoms with Crippen LogP contribution in [0.25, 0.3) is 0 Å². The number of rotatable bonds is 4. The maximum atomic E-state index is 5.63. The fourth-order valence-electron chi connectivity index (χ4n) is 1.15. The van der Waals surface area contributed by atoms with Crippen LogP contribution in [0.3, 0.4) is 0 Å². The molecule has 0 bridgehead atoms. The fraction of sp³-hybridized carbons (Fsp3) is 0.538. The zero-order chi connectivity index (χ0) is 11.3. The molecule has 1 rings (SSSR count). The summed E-state index contributed by atoms with van der Waals surface area (Å²) in [5.74, 6) is 1.76. The summed E-state index contributed by atoms with van der Waals surface area (Å²) in [6.45, 7) is 7.40. The van der Waals surface area contributed by atoms with E-state index in [1.54, 1.807) is 7.11 Å². The zero-order valence-electron chi connectivity index (χ0n) is 10.0. The van der Waals surface area contributed by atoms with Gasteiger partial charge in [0.25, 0.3) is 0 Å². The van der Waals surface area contributed by atoms with Crippen molar-refractivity contribution in [2.75, 3.05) is 13.7 Å². The number of methoxy groups -OCH3 is 1. The van der Waals surface area contributed by atoms with Crippen molar-refractivity contribution in [1.29, 1.82) is 0 Å². The van der Waals surface area contributed by atoms with Crippen LogP contribution < -0.4 is 9.47 Å². The topological polar surface area (TPSA) is 18.5 Å². The van der Waals surface area contributed by atoms with E-state index < -0.39 is 0 Å². The number of hydrogen-bond donors (Lipinski definition) is 0. The van der Waals surface area contributed by atoms with E-state index in [0.29, 0.717) is 5.41 Å². The highest BCUT2D eigenvalue weighted by molar-refractivity contribution is 5.31. The van der Waals surface area contributed by atoms with Crippen molar-refractivity contribution in [3.8, 4) is 11.5 Å². The highest BCUT2D eigenvalue weighted by atomic mass is 16.5. The molecule has 0 aliphatic rings. The Morgan fingerprint density at radius 3 is 2.00 bits per heavy atom. The molecule has 1 aromatic rings. The highest BCUT2D eigenvalue weighted by Crippen LogP contribution is 2.21. The average molecular weight is 208 g/mol. The number of hydrogen-bond acceptors (Lipinski definition) is 2.